The minimum absolute atomic E-state index is 0.107. The van der Waals surface area contributed by atoms with Crippen molar-refractivity contribution in [2.45, 2.75) is 76.9 Å². The minimum Gasteiger partial charge on any atom is -0.497 e. The first-order chi connectivity index (χ1) is 19.6. The van der Waals surface area contributed by atoms with Gasteiger partial charge in [-0.3, -0.25) is 0 Å². The van der Waals surface area contributed by atoms with Crippen LogP contribution in [-0.2, 0) is 6.42 Å². The summed E-state index contributed by atoms with van der Waals surface area (Å²) in [7, 11) is 1.63. The summed E-state index contributed by atoms with van der Waals surface area (Å²) in [5.41, 5.74) is 2.44. The molecule has 1 aromatic carbocycles. The third-order valence-electron chi connectivity index (χ3n) is 11.2. The van der Waals surface area contributed by atoms with Crippen molar-refractivity contribution in [3.05, 3.63) is 70.0 Å². The minimum atomic E-state index is -0.968. The Hall–Kier alpha value is -2.61. The Morgan fingerprint density at radius 1 is 1.07 bits per heavy atom. The van der Waals surface area contributed by atoms with Gasteiger partial charge in [-0.05, 0) is 104 Å². The molecule has 1 heterocycles. The molecule has 2 aromatic rings. The Balaban J connectivity index is 1.24. The van der Waals surface area contributed by atoms with Gasteiger partial charge < -0.3 is 25.2 Å². The van der Waals surface area contributed by atoms with Crippen LogP contribution < -0.4 is 10.1 Å². The quantitative estimate of drug-likeness (QED) is 0.338. The Bertz CT molecular complexity index is 1320. The van der Waals surface area contributed by atoms with E-state index in [0.29, 0.717) is 37.0 Å². The molecule has 2 amide bonds. The molecular formula is C34H44N2O4S. The number of aliphatic hydroxyl groups is 2. The highest BCUT2D eigenvalue weighted by Crippen LogP contribution is 2.66. The van der Waals surface area contributed by atoms with Crippen molar-refractivity contribution < 1.29 is 19.7 Å². The predicted octanol–water partition coefficient (Wildman–Crippen LogP) is 6.81. The number of rotatable bonds is 7. The zero-order chi connectivity index (χ0) is 28.8. The Morgan fingerprint density at radius 3 is 2.59 bits per heavy atom. The molecule has 0 bridgehead atoms. The number of ether oxygens (including phenoxy) is 1. The third kappa shape index (κ3) is 5.04. The standard InChI is InChI=1S/C34H44N2O4S/c1-32-16-12-25(37)21-23(32)6-11-28-29(32)13-17-33(2)30(28)14-18-34(33,39)22-36(19-15-27-5-4-20-41-27)31(38)35-24-7-9-26(40-3)10-8-24/h4-11,20,25,29-30,37,39H,12-19,21-22H2,1-3H3,(H,35,38)/t25-,29-,30-,32-,33-,34+/m0/s1. The van der Waals surface area contributed by atoms with Crippen LogP contribution in [0.4, 0.5) is 10.5 Å². The van der Waals surface area contributed by atoms with E-state index in [4.69, 9.17) is 4.74 Å². The summed E-state index contributed by atoms with van der Waals surface area (Å²) in [5.74, 6) is 1.52. The van der Waals surface area contributed by atoms with E-state index in [-0.39, 0.29) is 23.0 Å². The van der Waals surface area contributed by atoms with E-state index in [9.17, 15) is 15.0 Å². The van der Waals surface area contributed by atoms with E-state index in [2.05, 4.69) is 42.8 Å². The summed E-state index contributed by atoms with van der Waals surface area (Å²) in [6, 6.07) is 11.3. The Labute approximate surface area is 248 Å². The van der Waals surface area contributed by atoms with Crippen LogP contribution in [0.5, 0.6) is 5.75 Å². The van der Waals surface area contributed by atoms with Crippen molar-refractivity contribution >= 4 is 23.1 Å². The van der Waals surface area contributed by atoms with Gasteiger partial charge >= 0.3 is 6.03 Å². The summed E-state index contributed by atoms with van der Waals surface area (Å²) < 4.78 is 5.27. The van der Waals surface area contributed by atoms with Gasteiger partial charge in [-0.1, -0.05) is 43.2 Å². The van der Waals surface area contributed by atoms with Crippen LogP contribution in [0.1, 0.15) is 63.7 Å². The molecule has 0 spiro atoms. The van der Waals surface area contributed by atoms with E-state index >= 15 is 0 Å². The number of hydrogen-bond donors (Lipinski definition) is 3. The number of fused-ring (bicyclic) bond motifs is 5. The molecule has 0 saturated heterocycles. The number of anilines is 1. The first-order valence-electron chi connectivity index (χ1n) is 15.2. The van der Waals surface area contributed by atoms with Gasteiger partial charge in [0, 0.05) is 22.5 Å². The zero-order valence-corrected chi connectivity index (χ0v) is 25.4. The fourth-order valence-corrected chi connectivity index (χ4v) is 9.20. The van der Waals surface area contributed by atoms with E-state index in [0.717, 1.165) is 50.7 Å². The SMILES string of the molecule is COc1ccc(NC(=O)N(CCc2cccs2)C[C@]2(O)CC[C@H]3C4=CC=C5C[C@@H](O)CC[C@]5(C)[C@H]4CC[C@@]32C)cc1. The lowest BCUT2D eigenvalue weighted by Gasteiger charge is -2.56. The maximum atomic E-state index is 13.7. The lowest BCUT2D eigenvalue weighted by molar-refractivity contribution is -0.0958. The molecule has 3 fully saturated rings. The number of urea groups is 1. The second-order valence-corrected chi connectivity index (χ2v) is 14.2. The van der Waals surface area contributed by atoms with Gasteiger partial charge in [0.2, 0.25) is 0 Å². The highest BCUT2D eigenvalue weighted by Gasteiger charge is 2.62. The van der Waals surface area contributed by atoms with E-state index in [1.54, 1.807) is 18.4 Å². The fourth-order valence-electron chi connectivity index (χ4n) is 8.50. The second kappa shape index (κ2) is 10.9. The van der Waals surface area contributed by atoms with Crippen LogP contribution in [0, 0.1) is 22.7 Å². The number of nitrogens with one attached hydrogen (secondary N) is 1. The number of hydrogen-bond acceptors (Lipinski definition) is 5. The van der Waals surface area contributed by atoms with Crippen LogP contribution in [0.2, 0.25) is 0 Å². The first-order valence-corrected chi connectivity index (χ1v) is 16.1. The summed E-state index contributed by atoms with van der Waals surface area (Å²) in [4.78, 5) is 16.8. The van der Waals surface area contributed by atoms with E-state index in [1.807, 2.05) is 35.2 Å². The first kappa shape index (κ1) is 28.5. The molecule has 0 aliphatic heterocycles. The monoisotopic (exact) mass is 576 g/mol. The molecule has 0 radical (unpaired) electrons. The molecular weight excluding hydrogens is 532 g/mol. The Kier molecular flexibility index (Phi) is 7.58. The molecule has 4 aliphatic carbocycles. The van der Waals surface area contributed by atoms with Crippen molar-refractivity contribution in [1.82, 2.24) is 4.90 Å². The molecule has 3 saturated carbocycles. The highest BCUT2D eigenvalue weighted by atomic mass is 32.1. The predicted molar refractivity (Wildman–Crippen MR) is 164 cm³/mol. The average molecular weight is 577 g/mol. The molecule has 6 rings (SSSR count). The largest absolute Gasteiger partial charge is 0.497 e. The van der Waals surface area contributed by atoms with Crippen LogP contribution >= 0.6 is 11.3 Å². The molecule has 4 aliphatic rings. The average Bonchev–Trinajstić information content (AvgIpc) is 3.58. The van der Waals surface area contributed by atoms with Crippen LogP contribution in [-0.4, -0.2) is 53.0 Å². The smallest absolute Gasteiger partial charge is 0.321 e. The number of benzene rings is 1. The number of thiophene rings is 1. The lowest BCUT2D eigenvalue weighted by Crippen LogP contribution is -2.57. The van der Waals surface area contributed by atoms with Crippen molar-refractivity contribution in [2.24, 2.45) is 22.7 Å². The highest BCUT2D eigenvalue weighted by molar-refractivity contribution is 7.09. The maximum Gasteiger partial charge on any atom is 0.321 e. The maximum absolute atomic E-state index is 13.7. The molecule has 3 N–H and O–H groups in total. The molecule has 7 heteroatoms. The zero-order valence-electron chi connectivity index (χ0n) is 24.6. The number of carbonyl (C=O) groups is 1. The number of aliphatic hydroxyl groups excluding tert-OH is 1. The summed E-state index contributed by atoms with van der Waals surface area (Å²) in [6.45, 7) is 5.54. The number of amides is 2. The van der Waals surface area contributed by atoms with Crippen molar-refractivity contribution in [2.75, 3.05) is 25.5 Å². The van der Waals surface area contributed by atoms with Gasteiger partial charge in [0.25, 0.3) is 0 Å². The molecule has 0 unspecified atom stereocenters. The molecule has 220 valence electrons. The van der Waals surface area contributed by atoms with Crippen LogP contribution in [0.3, 0.4) is 0 Å². The summed E-state index contributed by atoms with van der Waals surface area (Å²) in [6.07, 6.45) is 11.4. The van der Waals surface area contributed by atoms with Gasteiger partial charge in [0.1, 0.15) is 5.75 Å². The van der Waals surface area contributed by atoms with Crippen molar-refractivity contribution in [3.8, 4) is 5.75 Å². The fraction of sp³-hybridized carbons (Fsp3) is 0.559. The van der Waals surface area contributed by atoms with Gasteiger partial charge in [0.05, 0.1) is 25.4 Å². The molecule has 6 nitrogen and oxygen atoms in total. The lowest BCUT2D eigenvalue weighted by atomic mass is 9.50. The van der Waals surface area contributed by atoms with Gasteiger partial charge in [0.15, 0.2) is 0 Å². The van der Waals surface area contributed by atoms with E-state index in [1.165, 1.54) is 16.0 Å². The van der Waals surface area contributed by atoms with E-state index < -0.39 is 5.60 Å². The second-order valence-electron chi connectivity index (χ2n) is 13.2. The summed E-state index contributed by atoms with van der Waals surface area (Å²) >= 11 is 1.70. The molecule has 6 atom stereocenters. The normalized spacial score (nSPS) is 34.0. The number of methoxy groups -OCH3 is 1. The number of allylic oxidation sites excluding steroid dienone is 3. The van der Waals surface area contributed by atoms with Crippen LogP contribution in [0.15, 0.2) is 65.1 Å². The molecule has 41 heavy (non-hydrogen) atoms. The molecule has 1 aromatic heterocycles. The van der Waals surface area contributed by atoms with Crippen molar-refractivity contribution in [3.63, 3.8) is 0 Å². The topological polar surface area (TPSA) is 82.0 Å². The third-order valence-corrected chi connectivity index (χ3v) is 12.1. The Morgan fingerprint density at radius 2 is 1.85 bits per heavy atom. The van der Waals surface area contributed by atoms with Gasteiger partial charge in [-0.25, -0.2) is 4.79 Å². The van der Waals surface area contributed by atoms with Gasteiger partial charge in [-0.15, -0.1) is 11.3 Å². The number of nitrogens with zero attached hydrogens (tertiary/aromatic N) is 1. The van der Waals surface area contributed by atoms with Crippen LogP contribution in [0.25, 0.3) is 0 Å². The number of carbonyl (C=O) groups excluding carboxylic acids is 1. The van der Waals surface area contributed by atoms with Gasteiger partial charge in [-0.2, -0.15) is 0 Å². The summed E-state index contributed by atoms with van der Waals surface area (Å²) in [5, 5.41) is 27.9. The van der Waals surface area contributed by atoms with Crippen molar-refractivity contribution in [1.29, 1.82) is 0 Å².